The van der Waals surface area contributed by atoms with Gasteiger partial charge in [0.2, 0.25) is 0 Å². The Labute approximate surface area is 93.4 Å². The predicted octanol–water partition coefficient (Wildman–Crippen LogP) is 4.30. The van der Waals surface area contributed by atoms with Crippen molar-refractivity contribution < 1.29 is 0 Å². The molecule has 0 aromatic rings. The van der Waals surface area contributed by atoms with E-state index in [1.807, 2.05) is 13.0 Å². The van der Waals surface area contributed by atoms with E-state index in [1.165, 1.54) is 17.2 Å². The van der Waals surface area contributed by atoms with E-state index in [0.717, 1.165) is 0 Å². The van der Waals surface area contributed by atoms with E-state index in [2.05, 4.69) is 40.0 Å². The van der Waals surface area contributed by atoms with Crippen molar-refractivity contribution in [2.45, 2.75) is 27.7 Å². The third-order valence-corrected chi connectivity index (χ3v) is 2.33. The van der Waals surface area contributed by atoms with Crippen LogP contribution >= 0.6 is 0 Å². The van der Waals surface area contributed by atoms with Crippen molar-refractivity contribution in [1.29, 1.82) is 5.41 Å². The Morgan fingerprint density at radius 2 is 1.87 bits per heavy atom. The van der Waals surface area contributed by atoms with Gasteiger partial charge in [-0.25, -0.2) is 0 Å². The topological polar surface area (TPSA) is 23.9 Å². The van der Waals surface area contributed by atoms with Crippen LogP contribution in [0.15, 0.2) is 48.1 Å². The Kier molecular flexibility index (Phi) is 5.61. The highest BCUT2D eigenvalue weighted by molar-refractivity contribution is 6.07. The highest BCUT2D eigenvalue weighted by atomic mass is 14.4. The van der Waals surface area contributed by atoms with Crippen LogP contribution in [0.25, 0.3) is 0 Å². The smallest absolute Gasteiger partial charge is 0.0600 e. The molecule has 0 radical (unpaired) electrons. The number of nitrogens with one attached hydrogen (secondary N) is 1. The summed E-state index contributed by atoms with van der Waals surface area (Å²) in [5.41, 5.74) is 3.56. The van der Waals surface area contributed by atoms with Gasteiger partial charge < -0.3 is 5.41 Å². The number of rotatable bonds is 5. The molecule has 0 atom stereocenters. The molecule has 0 heterocycles. The second kappa shape index (κ2) is 6.18. The first-order valence-corrected chi connectivity index (χ1v) is 5.19. The van der Waals surface area contributed by atoms with Crippen LogP contribution in [0.5, 0.6) is 0 Å². The average molecular weight is 203 g/mol. The largest absolute Gasteiger partial charge is 0.300 e. The van der Waals surface area contributed by atoms with Gasteiger partial charge in [0.1, 0.15) is 0 Å². The van der Waals surface area contributed by atoms with Crippen LogP contribution in [0, 0.1) is 11.3 Å². The molecule has 0 aliphatic carbocycles. The van der Waals surface area contributed by atoms with Crippen molar-refractivity contribution in [1.82, 2.24) is 0 Å². The maximum Gasteiger partial charge on any atom is 0.0600 e. The summed E-state index contributed by atoms with van der Waals surface area (Å²) in [5.74, 6) is 0.497. The lowest BCUT2D eigenvalue weighted by Gasteiger charge is -2.12. The Bertz CT molecular complexity index is 327. The summed E-state index contributed by atoms with van der Waals surface area (Å²) in [5, 5.41) is 7.56. The zero-order chi connectivity index (χ0) is 12.0. The SMILES string of the molecule is C=CC(=N)C(=C)/C=C(C)\C(=C/C)C(C)C. The van der Waals surface area contributed by atoms with Gasteiger partial charge in [0, 0.05) is 0 Å². The van der Waals surface area contributed by atoms with Gasteiger partial charge in [0.25, 0.3) is 0 Å². The molecule has 0 unspecified atom stereocenters. The molecule has 15 heavy (non-hydrogen) atoms. The monoisotopic (exact) mass is 203 g/mol. The van der Waals surface area contributed by atoms with E-state index >= 15 is 0 Å². The van der Waals surface area contributed by atoms with Crippen LogP contribution < -0.4 is 0 Å². The third kappa shape index (κ3) is 4.11. The van der Waals surface area contributed by atoms with Gasteiger partial charge >= 0.3 is 0 Å². The molecule has 0 aromatic carbocycles. The molecule has 0 amide bonds. The summed E-state index contributed by atoms with van der Waals surface area (Å²) in [7, 11) is 0. The fraction of sp³-hybridized carbons (Fsp3) is 0.357. The van der Waals surface area contributed by atoms with Gasteiger partial charge in [-0.1, -0.05) is 39.2 Å². The Morgan fingerprint density at radius 1 is 1.33 bits per heavy atom. The molecule has 0 aliphatic rings. The van der Waals surface area contributed by atoms with Crippen molar-refractivity contribution in [3.05, 3.63) is 48.1 Å². The lowest BCUT2D eigenvalue weighted by atomic mass is 9.94. The van der Waals surface area contributed by atoms with Crippen molar-refractivity contribution in [2.24, 2.45) is 5.92 Å². The van der Waals surface area contributed by atoms with Crippen LogP contribution in [-0.2, 0) is 0 Å². The van der Waals surface area contributed by atoms with E-state index < -0.39 is 0 Å². The van der Waals surface area contributed by atoms with Crippen molar-refractivity contribution in [3.63, 3.8) is 0 Å². The fourth-order valence-corrected chi connectivity index (χ4v) is 1.57. The summed E-state index contributed by atoms with van der Waals surface area (Å²) in [6, 6.07) is 0. The summed E-state index contributed by atoms with van der Waals surface area (Å²) < 4.78 is 0. The Hall–Kier alpha value is -1.37. The molecule has 0 aromatic heterocycles. The second-order valence-electron chi connectivity index (χ2n) is 3.87. The quantitative estimate of drug-likeness (QED) is 0.509. The summed E-state index contributed by atoms with van der Waals surface area (Å²) in [4.78, 5) is 0. The van der Waals surface area contributed by atoms with E-state index in [9.17, 15) is 0 Å². The van der Waals surface area contributed by atoms with Gasteiger partial charge in [0.05, 0.1) is 5.71 Å². The molecular weight excluding hydrogens is 182 g/mol. The number of allylic oxidation sites excluding steroid dienone is 6. The maximum absolute atomic E-state index is 7.56. The molecule has 82 valence electrons. The van der Waals surface area contributed by atoms with Gasteiger partial charge in [-0.2, -0.15) is 0 Å². The highest BCUT2D eigenvalue weighted by Gasteiger charge is 2.05. The second-order valence-corrected chi connectivity index (χ2v) is 3.87. The number of hydrogen-bond acceptors (Lipinski definition) is 1. The van der Waals surface area contributed by atoms with Crippen molar-refractivity contribution in [3.8, 4) is 0 Å². The van der Waals surface area contributed by atoms with E-state index in [0.29, 0.717) is 17.2 Å². The molecule has 0 spiro atoms. The van der Waals surface area contributed by atoms with Crippen LogP contribution in [0.2, 0.25) is 0 Å². The zero-order valence-electron chi connectivity index (χ0n) is 10.2. The van der Waals surface area contributed by atoms with Gasteiger partial charge in [-0.3, -0.25) is 0 Å². The standard InChI is InChI=1S/C14H21N/c1-7-13(10(3)4)11(5)9-12(6)14(15)8-2/h7-10,15H,2,6H2,1,3-5H3/b11-9-,13-7-,15-14?. The van der Waals surface area contributed by atoms with Gasteiger partial charge in [0.15, 0.2) is 0 Å². The molecule has 0 saturated heterocycles. The first-order chi connectivity index (χ1) is 6.93. The van der Waals surface area contributed by atoms with E-state index in [1.54, 1.807) is 0 Å². The van der Waals surface area contributed by atoms with Crippen LogP contribution in [-0.4, -0.2) is 5.71 Å². The molecular formula is C14H21N. The minimum absolute atomic E-state index is 0.383. The first kappa shape index (κ1) is 13.6. The van der Waals surface area contributed by atoms with Crippen molar-refractivity contribution in [2.75, 3.05) is 0 Å². The minimum atomic E-state index is 0.383. The van der Waals surface area contributed by atoms with Crippen molar-refractivity contribution >= 4 is 5.71 Å². The molecule has 0 bridgehead atoms. The Morgan fingerprint density at radius 3 is 2.20 bits per heavy atom. The van der Waals surface area contributed by atoms with Crippen LogP contribution in [0.4, 0.5) is 0 Å². The third-order valence-electron chi connectivity index (χ3n) is 2.33. The molecule has 0 fully saturated rings. The molecule has 1 nitrogen and oxygen atoms in total. The average Bonchev–Trinajstić information content (AvgIpc) is 2.16. The predicted molar refractivity (Wildman–Crippen MR) is 69.4 cm³/mol. The fourth-order valence-electron chi connectivity index (χ4n) is 1.57. The van der Waals surface area contributed by atoms with E-state index in [-0.39, 0.29) is 0 Å². The summed E-state index contributed by atoms with van der Waals surface area (Å²) in [6.07, 6.45) is 5.57. The number of hydrogen-bond donors (Lipinski definition) is 1. The molecule has 1 N–H and O–H groups in total. The molecule has 0 aliphatic heterocycles. The Balaban J connectivity index is 4.92. The normalized spacial score (nSPS) is 12.9. The summed E-state index contributed by atoms with van der Waals surface area (Å²) in [6.45, 7) is 15.8. The zero-order valence-corrected chi connectivity index (χ0v) is 10.2. The van der Waals surface area contributed by atoms with Gasteiger partial charge in [-0.15, -0.1) is 0 Å². The summed E-state index contributed by atoms with van der Waals surface area (Å²) >= 11 is 0. The minimum Gasteiger partial charge on any atom is -0.300 e. The van der Waals surface area contributed by atoms with Crippen LogP contribution in [0.3, 0.4) is 0 Å². The highest BCUT2D eigenvalue weighted by Crippen LogP contribution is 2.20. The lowest BCUT2D eigenvalue weighted by molar-refractivity contribution is 0.775. The van der Waals surface area contributed by atoms with Gasteiger partial charge in [-0.05, 0) is 42.6 Å². The molecule has 0 saturated carbocycles. The van der Waals surface area contributed by atoms with Crippen LogP contribution in [0.1, 0.15) is 27.7 Å². The molecule has 1 heteroatoms. The molecule has 0 rings (SSSR count). The van der Waals surface area contributed by atoms with E-state index in [4.69, 9.17) is 5.41 Å². The first-order valence-electron chi connectivity index (χ1n) is 5.19. The lowest BCUT2D eigenvalue weighted by Crippen LogP contribution is -1.98. The maximum atomic E-state index is 7.56.